The van der Waals surface area contributed by atoms with Gasteiger partial charge in [0.25, 0.3) is 0 Å². The number of halogens is 2. The number of hydrogen-bond donors (Lipinski definition) is 1. The molecule has 6 rings (SSSR count). The average molecular weight is 686 g/mol. The molecule has 0 atom stereocenters. The highest BCUT2D eigenvalue weighted by atomic mass is 35.5. The molecule has 0 amide bonds. The van der Waals surface area contributed by atoms with E-state index in [9.17, 15) is 4.79 Å². The van der Waals surface area contributed by atoms with Gasteiger partial charge in [0.2, 0.25) is 0 Å². The molecule has 3 heterocycles. The fraction of sp³-hybridized carbons (Fsp3) is 0.342. The van der Waals surface area contributed by atoms with Gasteiger partial charge in [-0.2, -0.15) is 10.2 Å². The van der Waals surface area contributed by atoms with Crippen LogP contribution in [0.4, 0.5) is 5.69 Å². The smallest absolute Gasteiger partial charge is 0.166 e. The van der Waals surface area contributed by atoms with E-state index in [1.165, 1.54) is 5.56 Å². The van der Waals surface area contributed by atoms with E-state index in [4.69, 9.17) is 27.9 Å². The molecule has 0 saturated carbocycles. The summed E-state index contributed by atoms with van der Waals surface area (Å²) in [6.45, 7) is 12.0. The quantitative estimate of drug-likeness (QED) is 0.103. The summed E-state index contributed by atoms with van der Waals surface area (Å²) in [5, 5.41) is 15.6. The largest absolute Gasteiger partial charge is 0.494 e. The maximum Gasteiger partial charge on any atom is 0.166 e. The molecule has 0 radical (unpaired) electrons. The highest BCUT2D eigenvalue weighted by molar-refractivity contribution is 6.35. The van der Waals surface area contributed by atoms with Crippen LogP contribution in [0.2, 0.25) is 10.0 Å². The van der Waals surface area contributed by atoms with Crippen molar-refractivity contribution >= 4 is 57.0 Å². The molecule has 3 aromatic carbocycles. The van der Waals surface area contributed by atoms with E-state index in [0.717, 1.165) is 103 Å². The van der Waals surface area contributed by atoms with Crippen LogP contribution in [0.3, 0.4) is 0 Å². The molecule has 3 aromatic heterocycles. The van der Waals surface area contributed by atoms with Gasteiger partial charge in [-0.15, -0.1) is 0 Å². The van der Waals surface area contributed by atoms with Gasteiger partial charge in [-0.3, -0.25) is 14.6 Å². The topological polar surface area (TPSA) is 81.0 Å². The number of aromatic amines is 1. The van der Waals surface area contributed by atoms with Crippen LogP contribution >= 0.6 is 23.2 Å². The van der Waals surface area contributed by atoms with Crippen LogP contribution in [-0.2, 0) is 20.0 Å². The second-order valence-electron chi connectivity index (χ2n) is 12.8. The van der Waals surface area contributed by atoms with Crippen molar-refractivity contribution in [2.45, 2.75) is 60.4 Å². The minimum atomic E-state index is 0.511. The number of H-pyrrole nitrogens is 1. The molecule has 0 bridgehead atoms. The van der Waals surface area contributed by atoms with Gasteiger partial charge in [0.1, 0.15) is 5.75 Å². The Morgan fingerprint density at radius 2 is 1.71 bits per heavy atom. The number of anilines is 1. The molecule has 48 heavy (non-hydrogen) atoms. The molecule has 8 nitrogen and oxygen atoms in total. The van der Waals surface area contributed by atoms with Crippen LogP contribution in [0, 0.1) is 34.6 Å². The molecule has 0 spiro atoms. The Kier molecular flexibility index (Phi) is 9.59. The van der Waals surface area contributed by atoms with Gasteiger partial charge in [-0.25, -0.2) is 0 Å². The molecular formula is C38H42Cl2N6O2. The van der Waals surface area contributed by atoms with Gasteiger partial charge < -0.3 is 14.2 Å². The van der Waals surface area contributed by atoms with E-state index >= 15 is 0 Å². The molecule has 6 aromatic rings. The van der Waals surface area contributed by atoms with Crippen molar-refractivity contribution in [3.05, 3.63) is 92.0 Å². The van der Waals surface area contributed by atoms with E-state index in [-0.39, 0.29) is 0 Å². The van der Waals surface area contributed by atoms with Crippen LogP contribution in [0.25, 0.3) is 32.9 Å². The van der Waals surface area contributed by atoms with Crippen molar-refractivity contribution in [3.63, 3.8) is 0 Å². The number of nitrogens with one attached hydrogen (secondary N) is 1. The minimum absolute atomic E-state index is 0.511. The molecule has 0 aliphatic carbocycles. The van der Waals surface area contributed by atoms with Gasteiger partial charge >= 0.3 is 0 Å². The van der Waals surface area contributed by atoms with E-state index < -0.39 is 0 Å². The summed E-state index contributed by atoms with van der Waals surface area (Å²) in [6, 6.07) is 12.3. The molecule has 0 aliphatic heterocycles. The molecule has 0 fully saturated rings. The maximum absolute atomic E-state index is 12.9. The van der Waals surface area contributed by atoms with Crippen molar-refractivity contribution in [2.24, 2.45) is 7.05 Å². The maximum atomic E-state index is 12.9. The van der Waals surface area contributed by atoms with E-state index in [1.54, 1.807) is 0 Å². The number of aromatic nitrogens is 5. The normalized spacial score (nSPS) is 11.6. The van der Waals surface area contributed by atoms with Crippen LogP contribution < -0.4 is 9.64 Å². The first kappa shape index (κ1) is 33.6. The summed E-state index contributed by atoms with van der Waals surface area (Å²) in [4.78, 5) is 15.2. The third kappa shape index (κ3) is 6.19. The predicted octanol–water partition coefficient (Wildman–Crippen LogP) is 9.12. The molecule has 0 aliphatic rings. The summed E-state index contributed by atoms with van der Waals surface area (Å²) in [7, 11) is 4.08. The predicted molar refractivity (Wildman–Crippen MR) is 197 cm³/mol. The Morgan fingerprint density at radius 1 is 0.958 bits per heavy atom. The Morgan fingerprint density at radius 3 is 2.40 bits per heavy atom. The van der Waals surface area contributed by atoms with Crippen LogP contribution in [0.1, 0.15) is 57.0 Å². The lowest BCUT2D eigenvalue weighted by Gasteiger charge is -2.21. The van der Waals surface area contributed by atoms with E-state index in [0.29, 0.717) is 30.3 Å². The van der Waals surface area contributed by atoms with Gasteiger partial charge in [-0.1, -0.05) is 29.3 Å². The lowest BCUT2D eigenvalue weighted by atomic mass is 9.98. The second kappa shape index (κ2) is 13.7. The Labute approximate surface area is 291 Å². The summed E-state index contributed by atoms with van der Waals surface area (Å²) >= 11 is 13.4. The van der Waals surface area contributed by atoms with Crippen molar-refractivity contribution in [1.82, 2.24) is 24.5 Å². The lowest BCUT2D eigenvalue weighted by Crippen LogP contribution is -2.20. The standard InChI is InChI=1S/C38H42Cl2N6O2/c1-22-17-29(18-23(2)36(22)40)48-15-8-10-30-31-11-12-32(39)35(34-25(4)42-43-26(34)5)38(31)46(33(30)21-47)14-9-13-44(6)28-16-24(3)37-27(19-28)20-41-45(37)7/h11-12,16-21H,8-10,13-15H2,1-7H3,(H,42,43). The number of aryl methyl sites for hydroxylation is 8. The number of ether oxygens (including phenoxy) is 1. The van der Waals surface area contributed by atoms with Crippen molar-refractivity contribution in [1.29, 1.82) is 0 Å². The van der Waals surface area contributed by atoms with Crippen molar-refractivity contribution < 1.29 is 9.53 Å². The fourth-order valence-electron chi connectivity index (χ4n) is 7.08. The molecular weight excluding hydrogens is 643 g/mol. The third-order valence-corrected chi connectivity index (χ3v) is 10.3. The first-order valence-corrected chi connectivity index (χ1v) is 17.1. The number of benzene rings is 3. The second-order valence-corrected chi connectivity index (χ2v) is 13.6. The highest BCUT2D eigenvalue weighted by Gasteiger charge is 2.24. The summed E-state index contributed by atoms with van der Waals surface area (Å²) in [6.07, 6.45) is 5.15. The summed E-state index contributed by atoms with van der Waals surface area (Å²) in [5.74, 6) is 0.800. The summed E-state index contributed by atoms with van der Waals surface area (Å²) in [5.41, 5.74) is 11.8. The number of aldehydes is 1. The van der Waals surface area contributed by atoms with Crippen molar-refractivity contribution in [3.8, 4) is 16.9 Å². The Bertz CT molecular complexity index is 2120. The molecule has 1 N–H and O–H groups in total. The Hall–Kier alpha value is -4.27. The number of carbonyl (C=O) groups excluding carboxylic acids is 1. The monoisotopic (exact) mass is 684 g/mol. The first-order chi connectivity index (χ1) is 23.0. The van der Waals surface area contributed by atoms with Crippen LogP contribution in [0.15, 0.2) is 42.6 Å². The van der Waals surface area contributed by atoms with Gasteiger partial charge in [0, 0.05) is 65.5 Å². The van der Waals surface area contributed by atoms with Gasteiger partial charge in [0.15, 0.2) is 6.29 Å². The van der Waals surface area contributed by atoms with Crippen LogP contribution in [-0.4, -0.2) is 51.0 Å². The zero-order chi connectivity index (χ0) is 34.3. The van der Waals surface area contributed by atoms with E-state index in [2.05, 4.69) is 56.9 Å². The van der Waals surface area contributed by atoms with E-state index in [1.807, 2.05) is 63.8 Å². The molecule has 250 valence electrons. The zero-order valence-electron chi connectivity index (χ0n) is 28.7. The Balaban J connectivity index is 1.32. The molecule has 10 heteroatoms. The molecule has 0 saturated heterocycles. The highest BCUT2D eigenvalue weighted by Crippen LogP contribution is 2.41. The number of hydrogen-bond acceptors (Lipinski definition) is 5. The zero-order valence-corrected chi connectivity index (χ0v) is 30.2. The van der Waals surface area contributed by atoms with Gasteiger partial charge in [0.05, 0.1) is 40.2 Å². The minimum Gasteiger partial charge on any atom is -0.494 e. The van der Waals surface area contributed by atoms with Crippen molar-refractivity contribution in [2.75, 3.05) is 25.1 Å². The van der Waals surface area contributed by atoms with Gasteiger partial charge in [-0.05, 0) is 106 Å². The summed E-state index contributed by atoms with van der Waals surface area (Å²) < 4.78 is 10.2. The first-order valence-electron chi connectivity index (χ1n) is 16.3. The SMILES string of the molecule is Cc1cc(OCCCc2c(C=O)n(CCCN(C)c3cc(C)c4c(cnn4C)c3)c3c(-c4c(C)n[nH]c4C)c(Cl)ccc23)cc(C)c1Cl. The lowest BCUT2D eigenvalue weighted by molar-refractivity contribution is 0.111. The number of carbonyl (C=O) groups is 1. The fourth-order valence-corrected chi connectivity index (χ4v) is 7.43. The third-order valence-electron chi connectivity index (χ3n) is 9.39. The molecule has 0 unspecified atom stereocenters. The number of nitrogens with zero attached hydrogens (tertiary/aromatic N) is 5. The number of rotatable bonds is 12. The number of fused-ring (bicyclic) bond motifs is 2. The average Bonchev–Trinajstić information content (AvgIpc) is 3.70. The van der Waals surface area contributed by atoms with Crippen LogP contribution in [0.5, 0.6) is 5.75 Å².